The Bertz CT molecular complexity index is 1130. The minimum absolute atomic E-state index is 0. The van der Waals surface area contributed by atoms with Crippen LogP contribution in [0.5, 0.6) is 0 Å². The summed E-state index contributed by atoms with van der Waals surface area (Å²) in [5, 5.41) is 1.17. The third-order valence-electron chi connectivity index (χ3n) is 6.95. The highest BCUT2D eigenvalue weighted by Gasteiger charge is 2.27. The molecule has 0 radical (unpaired) electrons. The van der Waals surface area contributed by atoms with Gasteiger partial charge in [-0.15, -0.1) is 12.4 Å². The molecule has 1 saturated heterocycles. The summed E-state index contributed by atoms with van der Waals surface area (Å²) in [6.45, 7) is 10.9. The second-order valence-corrected chi connectivity index (χ2v) is 8.62. The van der Waals surface area contributed by atoms with E-state index in [9.17, 15) is 4.79 Å². The Labute approximate surface area is 190 Å². The summed E-state index contributed by atoms with van der Waals surface area (Å²) >= 11 is 0. The highest BCUT2D eigenvalue weighted by atomic mass is 35.5. The van der Waals surface area contributed by atoms with Gasteiger partial charge >= 0.3 is 0 Å². The smallest absolute Gasteiger partial charge is 0.272 e. The van der Waals surface area contributed by atoms with Gasteiger partial charge < -0.3 is 14.4 Å². The average molecular weight is 439 g/mol. The first-order chi connectivity index (χ1) is 14.6. The third-order valence-corrected chi connectivity index (χ3v) is 6.95. The fourth-order valence-electron chi connectivity index (χ4n) is 5.13. The lowest BCUT2D eigenvalue weighted by molar-refractivity contribution is 0.0787. The fourth-order valence-corrected chi connectivity index (χ4v) is 5.13. The molecule has 6 heteroatoms. The number of amides is 1. The summed E-state index contributed by atoms with van der Waals surface area (Å²) in [7, 11) is 0. The number of nitrogens with zero attached hydrogens (tertiary/aromatic N) is 4. The number of aromatic nitrogens is 2. The maximum atomic E-state index is 13.2. The highest BCUT2D eigenvalue weighted by molar-refractivity contribution is 6.01. The molecule has 4 heterocycles. The number of rotatable bonds is 3. The fraction of sp³-hybridized carbons (Fsp3) is 0.440. The zero-order valence-corrected chi connectivity index (χ0v) is 19.5. The van der Waals surface area contributed by atoms with E-state index < -0.39 is 0 Å². The summed E-state index contributed by atoms with van der Waals surface area (Å²) in [4.78, 5) is 22.6. The van der Waals surface area contributed by atoms with E-state index in [1.807, 2.05) is 11.0 Å². The number of carbonyl (C=O) groups excluding carboxylic acids is 1. The van der Waals surface area contributed by atoms with Crippen LogP contribution in [0.3, 0.4) is 0 Å². The zero-order valence-electron chi connectivity index (χ0n) is 18.6. The molecule has 0 spiro atoms. The number of fused-ring (bicyclic) bond motifs is 2. The Hall–Kier alpha value is -2.53. The van der Waals surface area contributed by atoms with Gasteiger partial charge in [-0.1, -0.05) is 24.3 Å². The van der Waals surface area contributed by atoms with E-state index in [1.54, 1.807) is 0 Å². The van der Waals surface area contributed by atoms with Gasteiger partial charge in [0, 0.05) is 43.8 Å². The van der Waals surface area contributed by atoms with Crippen LogP contribution < -0.4 is 4.90 Å². The summed E-state index contributed by atoms with van der Waals surface area (Å²) in [5.41, 5.74) is 7.06. The number of pyridine rings is 1. The largest absolute Gasteiger partial charge is 0.350 e. The molecule has 0 unspecified atom stereocenters. The minimum Gasteiger partial charge on any atom is -0.350 e. The van der Waals surface area contributed by atoms with E-state index in [2.05, 4.69) is 54.5 Å². The van der Waals surface area contributed by atoms with Crippen molar-refractivity contribution in [2.45, 2.75) is 53.1 Å². The van der Waals surface area contributed by atoms with Crippen LogP contribution in [0, 0.1) is 13.8 Å². The van der Waals surface area contributed by atoms with Gasteiger partial charge in [0.2, 0.25) is 0 Å². The molecule has 0 bridgehead atoms. The van der Waals surface area contributed by atoms with Crippen molar-refractivity contribution in [2.24, 2.45) is 0 Å². The normalized spacial score (nSPS) is 15.8. The first kappa shape index (κ1) is 21.7. The number of anilines is 1. The van der Waals surface area contributed by atoms with Crippen molar-refractivity contribution < 1.29 is 4.79 Å². The molecule has 0 N–H and O–H groups in total. The number of hydrogen-bond acceptors (Lipinski definition) is 3. The maximum absolute atomic E-state index is 13.2. The van der Waals surface area contributed by atoms with Gasteiger partial charge in [0.05, 0.1) is 5.52 Å². The highest BCUT2D eigenvalue weighted by Crippen LogP contribution is 2.35. The lowest BCUT2D eigenvalue weighted by Gasteiger charge is -2.31. The van der Waals surface area contributed by atoms with Gasteiger partial charge in [0.1, 0.15) is 5.69 Å². The monoisotopic (exact) mass is 438 g/mol. The van der Waals surface area contributed by atoms with Crippen LogP contribution in [-0.2, 0) is 19.5 Å². The van der Waals surface area contributed by atoms with E-state index in [1.165, 1.54) is 33.3 Å². The standard InChI is InChI=1S/C25H30N4O.ClH/c1-4-29-18(3)17(2)21-15-22(25(30)27-12-7-8-13-27)26-24(23(21)29)28-14-11-19-9-5-6-10-20(19)16-28;/h5-6,9-10,15H,4,7-8,11-14,16H2,1-3H3;1H. The second-order valence-electron chi connectivity index (χ2n) is 8.62. The molecule has 1 fully saturated rings. The van der Waals surface area contributed by atoms with Gasteiger partial charge in [-0.25, -0.2) is 4.98 Å². The summed E-state index contributed by atoms with van der Waals surface area (Å²) in [6.07, 6.45) is 3.19. The predicted octanol–water partition coefficient (Wildman–Crippen LogP) is 4.89. The van der Waals surface area contributed by atoms with Gasteiger partial charge in [-0.3, -0.25) is 4.79 Å². The minimum atomic E-state index is 0. The van der Waals surface area contributed by atoms with Crippen LogP contribution in [0.4, 0.5) is 5.82 Å². The molecule has 2 aliphatic heterocycles. The molecule has 2 aliphatic rings. The topological polar surface area (TPSA) is 41.4 Å². The Balaban J connectivity index is 0.00000231. The second kappa shape index (κ2) is 8.54. The first-order valence-electron chi connectivity index (χ1n) is 11.2. The van der Waals surface area contributed by atoms with E-state index >= 15 is 0 Å². The Morgan fingerprint density at radius 3 is 2.48 bits per heavy atom. The van der Waals surface area contributed by atoms with Crippen molar-refractivity contribution in [1.29, 1.82) is 0 Å². The Morgan fingerprint density at radius 2 is 1.77 bits per heavy atom. The van der Waals surface area contributed by atoms with Crippen molar-refractivity contribution in [1.82, 2.24) is 14.5 Å². The number of benzene rings is 1. The molecule has 1 aromatic carbocycles. The molecule has 5 nitrogen and oxygen atoms in total. The number of carbonyl (C=O) groups is 1. The molecule has 5 rings (SSSR count). The molecule has 164 valence electrons. The molecular weight excluding hydrogens is 408 g/mol. The van der Waals surface area contributed by atoms with Crippen molar-refractivity contribution in [3.8, 4) is 0 Å². The van der Waals surface area contributed by atoms with Gasteiger partial charge in [0.15, 0.2) is 5.82 Å². The van der Waals surface area contributed by atoms with Crippen LogP contribution in [0.25, 0.3) is 10.9 Å². The van der Waals surface area contributed by atoms with E-state index in [0.29, 0.717) is 5.69 Å². The number of likely N-dealkylation sites (tertiary alicyclic amines) is 1. The maximum Gasteiger partial charge on any atom is 0.272 e. The summed E-state index contributed by atoms with van der Waals surface area (Å²) in [6, 6.07) is 10.7. The number of halogens is 1. The quantitative estimate of drug-likeness (QED) is 0.584. The van der Waals surface area contributed by atoms with Crippen molar-refractivity contribution in [2.75, 3.05) is 24.5 Å². The van der Waals surface area contributed by atoms with Crippen molar-refractivity contribution >= 4 is 35.0 Å². The van der Waals surface area contributed by atoms with Crippen LogP contribution in [-0.4, -0.2) is 40.0 Å². The molecule has 31 heavy (non-hydrogen) atoms. The SMILES string of the molecule is CCn1c(C)c(C)c2cc(C(=O)N3CCCC3)nc(N3CCc4ccccc4C3)c21.Cl. The summed E-state index contributed by atoms with van der Waals surface area (Å²) in [5.74, 6) is 1.04. The van der Waals surface area contributed by atoms with Gasteiger partial charge in [0.25, 0.3) is 5.91 Å². The van der Waals surface area contributed by atoms with Crippen LogP contribution >= 0.6 is 12.4 Å². The molecule has 0 aliphatic carbocycles. The van der Waals surface area contributed by atoms with Gasteiger partial charge in [-0.2, -0.15) is 0 Å². The predicted molar refractivity (Wildman–Crippen MR) is 128 cm³/mol. The molecule has 3 aromatic rings. The van der Waals surface area contributed by atoms with Crippen molar-refractivity contribution in [3.05, 3.63) is 58.4 Å². The lowest BCUT2D eigenvalue weighted by atomic mass is 10.00. The van der Waals surface area contributed by atoms with Crippen LogP contribution in [0.2, 0.25) is 0 Å². The molecule has 1 amide bonds. The van der Waals surface area contributed by atoms with Crippen LogP contribution in [0.15, 0.2) is 30.3 Å². The van der Waals surface area contributed by atoms with E-state index in [4.69, 9.17) is 4.98 Å². The van der Waals surface area contributed by atoms with E-state index in [-0.39, 0.29) is 18.3 Å². The number of aryl methyl sites for hydroxylation is 2. The van der Waals surface area contributed by atoms with E-state index in [0.717, 1.165) is 57.8 Å². The third kappa shape index (κ3) is 3.59. The molecular formula is C25H31ClN4O. The summed E-state index contributed by atoms with van der Waals surface area (Å²) < 4.78 is 2.36. The average Bonchev–Trinajstić information content (AvgIpc) is 3.40. The van der Waals surface area contributed by atoms with Crippen molar-refractivity contribution in [3.63, 3.8) is 0 Å². The molecule has 2 aromatic heterocycles. The first-order valence-corrected chi connectivity index (χ1v) is 11.2. The Kier molecular flexibility index (Phi) is 5.98. The van der Waals surface area contributed by atoms with Gasteiger partial charge in [-0.05, 0) is 62.8 Å². The van der Waals surface area contributed by atoms with Crippen LogP contribution in [0.1, 0.15) is 52.6 Å². The zero-order chi connectivity index (χ0) is 20.8. The Morgan fingerprint density at radius 1 is 1.06 bits per heavy atom. The number of hydrogen-bond donors (Lipinski definition) is 0. The molecule has 0 atom stereocenters. The lowest BCUT2D eigenvalue weighted by Crippen LogP contribution is -2.33. The molecule has 0 saturated carbocycles.